The molecule has 8 heteroatoms. The maximum Gasteiger partial charge on any atom is 0.220 e. The minimum absolute atomic E-state index is 0.0951. The van der Waals surface area contributed by atoms with Gasteiger partial charge in [-0.05, 0) is 18.4 Å². The average Bonchev–Trinajstić information content (AvgIpc) is 2.90. The summed E-state index contributed by atoms with van der Waals surface area (Å²) in [5, 5.41) is 2.81. The maximum atomic E-state index is 12.1. The lowest BCUT2D eigenvalue weighted by Crippen LogP contribution is -2.25. The van der Waals surface area contributed by atoms with Crippen molar-refractivity contribution < 1.29 is 27.4 Å². The molecule has 1 fully saturated rings. The van der Waals surface area contributed by atoms with Crippen molar-refractivity contribution in [2.75, 3.05) is 32.8 Å². The lowest BCUT2D eigenvalue weighted by Gasteiger charge is -2.15. The average molecular weight is 357 g/mol. The summed E-state index contributed by atoms with van der Waals surface area (Å²) in [5.74, 6) is 1.67. The first-order valence-electron chi connectivity index (χ1n) is 7.64. The lowest BCUT2D eigenvalue weighted by atomic mass is 10.0. The van der Waals surface area contributed by atoms with E-state index in [0.717, 1.165) is 5.56 Å². The smallest absolute Gasteiger partial charge is 0.220 e. The number of methoxy groups -OCH3 is 3. The number of hydrogen-bond donors (Lipinski definition) is 1. The molecule has 134 valence electrons. The van der Waals surface area contributed by atoms with Crippen LogP contribution in [0.25, 0.3) is 0 Å². The third kappa shape index (κ3) is 4.53. The molecule has 0 spiro atoms. The summed E-state index contributed by atoms with van der Waals surface area (Å²) in [7, 11) is 1.64. The Kier molecular flexibility index (Phi) is 5.93. The van der Waals surface area contributed by atoms with Crippen molar-refractivity contribution in [2.45, 2.75) is 19.4 Å². The van der Waals surface area contributed by atoms with Crippen LogP contribution in [0.1, 0.15) is 18.4 Å². The molecule has 1 atom stereocenters. The van der Waals surface area contributed by atoms with E-state index in [9.17, 15) is 13.2 Å². The molecule has 1 aromatic rings. The zero-order valence-corrected chi connectivity index (χ0v) is 14.9. The third-order valence-electron chi connectivity index (χ3n) is 4.06. The van der Waals surface area contributed by atoms with Crippen LogP contribution < -0.4 is 19.5 Å². The highest BCUT2D eigenvalue weighted by Gasteiger charge is 2.29. The first-order chi connectivity index (χ1) is 11.4. The van der Waals surface area contributed by atoms with Gasteiger partial charge in [0.1, 0.15) is 5.75 Å². The van der Waals surface area contributed by atoms with Crippen molar-refractivity contribution in [1.82, 2.24) is 5.32 Å². The quantitative estimate of drug-likeness (QED) is 0.787. The van der Waals surface area contributed by atoms with Gasteiger partial charge in [0.05, 0.1) is 32.8 Å². The summed E-state index contributed by atoms with van der Waals surface area (Å²) in [4.78, 5) is 12.1. The molecule has 0 aliphatic carbocycles. The summed E-state index contributed by atoms with van der Waals surface area (Å²) < 4.78 is 38.7. The monoisotopic (exact) mass is 357 g/mol. The number of sulfone groups is 1. The lowest BCUT2D eigenvalue weighted by molar-refractivity contribution is -0.122. The molecule has 1 heterocycles. The second-order valence-electron chi connectivity index (χ2n) is 5.77. The van der Waals surface area contributed by atoms with Crippen LogP contribution in [0.4, 0.5) is 0 Å². The Morgan fingerprint density at radius 2 is 1.75 bits per heavy atom. The predicted octanol–water partition coefficient (Wildman–Crippen LogP) is 1.15. The number of benzene rings is 1. The van der Waals surface area contributed by atoms with Crippen molar-refractivity contribution in [3.05, 3.63) is 17.7 Å². The third-order valence-corrected chi connectivity index (χ3v) is 5.90. The van der Waals surface area contributed by atoms with Crippen molar-refractivity contribution >= 4 is 15.7 Å². The molecule has 1 N–H and O–H groups in total. The molecule has 1 amide bonds. The molecule has 1 aliphatic rings. The highest BCUT2D eigenvalue weighted by atomic mass is 32.2. The number of nitrogens with one attached hydrogen (secondary N) is 1. The van der Waals surface area contributed by atoms with Crippen molar-refractivity contribution in [2.24, 2.45) is 5.92 Å². The van der Waals surface area contributed by atoms with E-state index in [1.807, 2.05) is 0 Å². The van der Waals surface area contributed by atoms with E-state index in [1.165, 1.54) is 21.3 Å². The summed E-state index contributed by atoms with van der Waals surface area (Å²) in [6.07, 6.45) is 0.768. The molecule has 1 aliphatic heterocycles. The van der Waals surface area contributed by atoms with E-state index in [-0.39, 0.29) is 36.3 Å². The molecule has 24 heavy (non-hydrogen) atoms. The van der Waals surface area contributed by atoms with E-state index < -0.39 is 9.84 Å². The fourth-order valence-electron chi connectivity index (χ4n) is 2.79. The van der Waals surface area contributed by atoms with Crippen LogP contribution >= 0.6 is 0 Å². The minimum atomic E-state index is -2.97. The number of carbonyl (C=O) groups excluding carboxylic acids is 1. The van der Waals surface area contributed by atoms with Gasteiger partial charge in [-0.25, -0.2) is 8.42 Å². The fourth-order valence-corrected chi connectivity index (χ4v) is 4.65. The first kappa shape index (κ1) is 18.4. The molecule has 2 rings (SSSR count). The van der Waals surface area contributed by atoms with Gasteiger partial charge in [-0.1, -0.05) is 0 Å². The Hall–Kier alpha value is -1.96. The molecule has 0 bridgehead atoms. The molecule has 1 saturated heterocycles. The molecule has 0 aromatic heterocycles. The zero-order chi connectivity index (χ0) is 17.7. The number of rotatable bonds is 7. The minimum Gasteiger partial charge on any atom is -0.496 e. The highest BCUT2D eigenvalue weighted by Crippen LogP contribution is 2.34. The van der Waals surface area contributed by atoms with Crippen molar-refractivity contribution in [1.29, 1.82) is 0 Å². The largest absolute Gasteiger partial charge is 0.496 e. The highest BCUT2D eigenvalue weighted by molar-refractivity contribution is 7.91. The topological polar surface area (TPSA) is 90.9 Å². The van der Waals surface area contributed by atoms with Crippen LogP contribution in [0.5, 0.6) is 17.2 Å². The SMILES string of the molecule is COc1cc(OC)c(OC)cc1CNC(=O)C[C@@H]1CCS(=O)(=O)C1. The standard InChI is InChI=1S/C16H23NO6S/c1-21-13-8-15(23-3)14(22-2)7-12(13)9-17-16(18)6-11-4-5-24(19,20)10-11/h7-8,11H,4-6,9-10H2,1-3H3,(H,17,18)/t11-/m0/s1. The summed E-state index contributed by atoms with van der Waals surface area (Å²) in [5.41, 5.74) is 0.752. The van der Waals surface area contributed by atoms with E-state index in [2.05, 4.69) is 5.32 Å². The number of carbonyl (C=O) groups is 1. The van der Waals surface area contributed by atoms with Crippen LogP contribution in [-0.4, -0.2) is 47.2 Å². The van der Waals surface area contributed by atoms with Gasteiger partial charge in [-0.2, -0.15) is 0 Å². The Morgan fingerprint density at radius 1 is 1.12 bits per heavy atom. The van der Waals surface area contributed by atoms with Crippen molar-refractivity contribution in [3.8, 4) is 17.2 Å². The Balaban J connectivity index is 1.99. The van der Waals surface area contributed by atoms with Crippen LogP contribution in [0.15, 0.2) is 12.1 Å². The second kappa shape index (κ2) is 7.74. The van der Waals surface area contributed by atoms with E-state index in [1.54, 1.807) is 12.1 Å². The van der Waals surface area contributed by atoms with Gasteiger partial charge in [0.15, 0.2) is 21.3 Å². The van der Waals surface area contributed by atoms with Gasteiger partial charge in [0.2, 0.25) is 5.91 Å². The fraction of sp³-hybridized carbons (Fsp3) is 0.562. The molecule has 0 radical (unpaired) electrons. The van der Waals surface area contributed by atoms with Crippen LogP contribution in [0.3, 0.4) is 0 Å². The Labute approximate surface area is 142 Å². The van der Waals surface area contributed by atoms with Gasteiger partial charge < -0.3 is 19.5 Å². The summed E-state index contributed by atoms with van der Waals surface area (Å²) >= 11 is 0. The zero-order valence-electron chi connectivity index (χ0n) is 14.1. The molecule has 7 nitrogen and oxygen atoms in total. The Morgan fingerprint density at radius 3 is 2.29 bits per heavy atom. The molecule has 0 saturated carbocycles. The van der Waals surface area contributed by atoms with Gasteiger partial charge in [0, 0.05) is 24.6 Å². The maximum absolute atomic E-state index is 12.1. The second-order valence-corrected chi connectivity index (χ2v) is 8.00. The summed E-state index contributed by atoms with van der Waals surface area (Å²) in [6.45, 7) is 0.266. The molecular weight excluding hydrogens is 334 g/mol. The predicted molar refractivity (Wildman–Crippen MR) is 89.3 cm³/mol. The Bertz CT molecular complexity index is 701. The van der Waals surface area contributed by atoms with Crippen LogP contribution in [0, 0.1) is 5.92 Å². The molecule has 0 unspecified atom stereocenters. The number of hydrogen-bond acceptors (Lipinski definition) is 6. The van der Waals surface area contributed by atoms with Crippen molar-refractivity contribution in [3.63, 3.8) is 0 Å². The van der Waals surface area contributed by atoms with E-state index in [4.69, 9.17) is 14.2 Å². The van der Waals surface area contributed by atoms with Gasteiger partial charge in [0.25, 0.3) is 0 Å². The van der Waals surface area contributed by atoms with E-state index >= 15 is 0 Å². The van der Waals surface area contributed by atoms with Gasteiger partial charge >= 0.3 is 0 Å². The summed E-state index contributed by atoms with van der Waals surface area (Å²) in [6, 6.07) is 3.45. The first-order valence-corrected chi connectivity index (χ1v) is 9.46. The normalized spacial score (nSPS) is 18.9. The number of amides is 1. The molecular formula is C16H23NO6S. The molecule has 1 aromatic carbocycles. The van der Waals surface area contributed by atoms with Crippen LogP contribution in [-0.2, 0) is 21.2 Å². The van der Waals surface area contributed by atoms with Gasteiger partial charge in [-0.15, -0.1) is 0 Å². The van der Waals surface area contributed by atoms with E-state index in [0.29, 0.717) is 23.7 Å². The van der Waals surface area contributed by atoms with Gasteiger partial charge in [-0.3, -0.25) is 4.79 Å². The number of ether oxygens (including phenoxy) is 3. The van der Waals surface area contributed by atoms with Crippen LogP contribution in [0.2, 0.25) is 0 Å².